The van der Waals surface area contributed by atoms with Crippen molar-refractivity contribution in [3.05, 3.63) is 30.5 Å². The summed E-state index contributed by atoms with van der Waals surface area (Å²) in [5.41, 5.74) is 2.91. The first kappa shape index (κ1) is 17.7. The van der Waals surface area contributed by atoms with Crippen LogP contribution in [0.1, 0.15) is 44.3 Å². The number of amides is 1. The van der Waals surface area contributed by atoms with Gasteiger partial charge in [-0.2, -0.15) is 0 Å². The summed E-state index contributed by atoms with van der Waals surface area (Å²) < 4.78 is 7.63. The third-order valence-electron chi connectivity index (χ3n) is 6.53. The number of fused-ring (bicyclic) bond motifs is 3. The zero-order valence-electron chi connectivity index (χ0n) is 16.3. The molecule has 5 heterocycles. The predicted octanol–water partition coefficient (Wildman–Crippen LogP) is 2.98. The largest absolute Gasteiger partial charge is 0.381 e. The summed E-state index contributed by atoms with van der Waals surface area (Å²) in [5.74, 6) is 2.52. The summed E-state index contributed by atoms with van der Waals surface area (Å²) in [6.45, 7) is 5.46. The number of hydrogen-bond donors (Lipinski definition) is 1. The van der Waals surface area contributed by atoms with Gasteiger partial charge in [0.15, 0.2) is 5.65 Å². The topological polar surface area (TPSA) is 75.5 Å². The van der Waals surface area contributed by atoms with Crippen molar-refractivity contribution in [3.63, 3.8) is 0 Å². The molecule has 2 saturated heterocycles. The molecule has 28 heavy (non-hydrogen) atoms. The van der Waals surface area contributed by atoms with Crippen molar-refractivity contribution in [1.29, 1.82) is 0 Å². The lowest BCUT2D eigenvalue weighted by Crippen LogP contribution is -2.43. The molecule has 2 fully saturated rings. The van der Waals surface area contributed by atoms with Crippen LogP contribution in [0.25, 0.3) is 16.7 Å². The summed E-state index contributed by atoms with van der Waals surface area (Å²) >= 11 is 0. The molecular formula is C21H27N5O2. The second kappa shape index (κ2) is 7.20. The summed E-state index contributed by atoms with van der Waals surface area (Å²) in [5, 5.41) is 0. The van der Waals surface area contributed by atoms with Gasteiger partial charge in [0.2, 0.25) is 5.91 Å². The normalized spacial score (nSPS) is 24.2. The van der Waals surface area contributed by atoms with E-state index in [1.807, 2.05) is 24.7 Å². The highest BCUT2D eigenvalue weighted by molar-refractivity contribution is 5.77. The molecule has 0 spiro atoms. The number of ether oxygens (including phenoxy) is 1. The minimum atomic E-state index is 0.232. The van der Waals surface area contributed by atoms with Gasteiger partial charge in [0.05, 0.1) is 23.4 Å². The monoisotopic (exact) mass is 381 g/mol. The number of hydrogen-bond acceptors (Lipinski definition) is 4. The minimum Gasteiger partial charge on any atom is -0.381 e. The van der Waals surface area contributed by atoms with Crippen molar-refractivity contribution < 1.29 is 9.53 Å². The average Bonchev–Trinajstić information content (AvgIpc) is 3.35. The number of rotatable bonds is 3. The van der Waals surface area contributed by atoms with Crippen molar-refractivity contribution in [2.24, 2.45) is 11.8 Å². The van der Waals surface area contributed by atoms with Crippen LogP contribution in [-0.4, -0.2) is 56.5 Å². The van der Waals surface area contributed by atoms with Crippen molar-refractivity contribution in [2.75, 3.05) is 26.3 Å². The van der Waals surface area contributed by atoms with Crippen LogP contribution in [0.3, 0.4) is 0 Å². The first-order chi connectivity index (χ1) is 13.7. The van der Waals surface area contributed by atoms with Crippen molar-refractivity contribution in [2.45, 2.75) is 38.5 Å². The van der Waals surface area contributed by atoms with Crippen LogP contribution in [0.15, 0.2) is 24.7 Å². The number of nitrogens with zero attached hydrogens (tertiary/aromatic N) is 4. The number of carbonyl (C=O) groups excluding carboxylic acids is 1. The van der Waals surface area contributed by atoms with Crippen LogP contribution in [0.5, 0.6) is 0 Å². The molecule has 0 bridgehead atoms. The number of nitrogens with one attached hydrogen (secondary N) is 1. The summed E-state index contributed by atoms with van der Waals surface area (Å²) in [6, 6.07) is 2.04. The van der Waals surface area contributed by atoms with Gasteiger partial charge in [-0.15, -0.1) is 0 Å². The lowest BCUT2D eigenvalue weighted by molar-refractivity contribution is -0.134. The maximum atomic E-state index is 13.0. The van der Waals surface area contributed by atoms with Gasteiger partial charge in [0.1, 0.15) is 5.82 Å². The van der Waals surface area contributed by atoms with E-state index in [9.17, 15) is 4.79 Å². The molecule has 0 saturated carbocycles. The molecule has 2 atom stereocenters. The first-order valence-corrected chi connectivity index (χ1v) is 10.4. The van der Waals surface area contributed by atoms with Gasteiger partial charge in [-0.3, -0.25) is 9.20 Å². The van der Waals surface area contributed by atoms with Crippen LogP contribution >= 0.6 is 0 Å². The maximum absolute atomic E-state index is 13.0. The minimum absolute atomic E-state index is 0.232. The molecule has 5 rings (SSSR count). The Morgan fingerprint density at radius 3 is 2.93 bits per heavy atom. The van der Waals surface area contributed by atoms with Gasteiger partial charge in [-0.1, -0.05) is 6.92 Å². The zero-order valence-corrected chi connectivity index (χ0v) is 16.3. The van der Waals surface area contributed by atoms with E-state index in [4.69, 9.17) is 9.72 Å². The number of piperidine rings is 1. The van der Waals surface area contributed by atoms with Gasteiger partial charge in [0, 0.05) is 44.8 Å². The molecule has 2 aliphatic heterocycles. The van der Waals surface area contributed by atoms with E-state index in [1.165, 1.54) is 0 Å². The standard InChI is InChI=1S/C21H27N5O2/c1-14-3-7-25(19(27)10-15-4-8-28-9-5-15)13-17(14)21-24-12-16-11-23-20-18(26(16)21)2-6-22-20/h2,6,11-12,14-15,17,22H,3-5,7-10,13H2,1H3. The number of aromatic nitrogens is 4. The number of H-pyrrole nitrogens is 1. The third-order valence-corrected chi connectivity index (χ3v) is 6.53. The Morgan fingerprint density at radius 1 is 1.25 bits per heavy atom. The van der Waals surface area contributed by atoms with Gasteiger partial charge in [-0.05, 0) is 37.2 Å². The van der Waals surface area contributed by atoms with Crippen molar-refractivity contribution >= 4 is 22.6 Å². The fourth-order valence-corrected chi connectivity index (χ4v) is 4.72. The maximum Gasteiger partial charge on any atom is 0.222 e. The number of imidazole rings is 1. The van der Waals surface area contributed by atoms with Gasteiger partial charge < -0.3 is 14.6 Å². The van der Waals surface area contributed by atoms with E-state index >= 15 is 0 Å². The Labute approximate surface area is 164 Å². The van der Waals surface area contributed by atoms with E-state index < -0.39 is 0 Å². The Morgan fingerprint density at radius 2 is 2.07 bits per heavy atom. The fraction of sp³-hybridized carbons (Fsp3) is 0.571. The number of aromatic amines is 1. The van der Waals surface area contributed by atoms with Crippen LogP contribution in [-0.2, 0) is 9.53 Å². The van der Waals surface area contributed by atoms with Gasteiger partial charge in [0.25, 0.3) is 0 Å². The quantitative estimate of drug-likeness (QED) is 0.757. The number of likely N-dealkylation sites (tertiary alicyclic amines) is 1. The molecule has 148 valence electrons. The lowest BCUT2D eigenvalue weighted by atomic mass is 9.85. The Hall–Kier alpha value is -2.41. The number of carbonyl (C=O) groups is 1. The molecule has 7 heteroatoms. The lowest BCUT2D eigenvalue weighted by Gasteiger charge is -2.37. The zero-order chi connectivity index (χ0) is 19.1. The molecule has 2 unspecified atom stereocenters. The van der Waals surface area contributed by atoms with Crippen LogP contribution in [0.4, 0.5) is 0 Å². The molecule has 0 aromatic carbocycles. The molecule has 0 aliphatic carbocycles. The van der Waals surface area contributed by atoms with Gasteiger partial charge in [-0.25, -0.2) is 9.97 Å². The highest BCUT2D eigenvalue weighted by Gasteiger charge is 2.33. The Kier molecular flexibility index (Phi) is 4.55. The van der Waals surface area contributed by atoms with E-state index in [1.54, 1.807) is 0 Å². The van der Waals surface area contributed by atoms with E-state index in [-0.39, 0.29) is 11.8 Å². The SMILES string of the molecule is CC1CCN(C(=O)CC2CCOCC2)CC1c1ncc2cnc3[nH]ccc3n12. The first-order valence-electron chi connectivity index (χ1n) is 10.4. The molecule has 3 aromatic heterocycles. The average molecular weight is 381 g/mol. The van der Waals surface area contributed by atoms with E-state index in [2.05, 4.69) is 26.2 Å². The molecule has 3 aromatic rings. The summed E-state index contributed by atoms with van der Waals surface area (Å²) in [6.07, 6.45) is 9.33. The van der Waals surface area contributed by atoms with Crippen LogP contribution in [0.2, 0.25) is 0 Å². The molecular weight excluding hydrogens is 354 g/mol. The molecule has 2 aliphatic rings. The second-order valence-corrected chi connectivity index (χ2v) is 8.32. The summed E-state index contributed by atoms with van der Waals surface area (Å²) in [7, 11) is 0. The molecule has 0 radical (unpaired) electrons. The Bertz CT molecular complexity index is 987. The highest BCUT2D eigenvalue weighted by atomic mass is 16.5. The Balaban J connectivity index is 1.40. The van der Waals surface area contributed by atoms with Gasteiger partial charge >= 0.3 is 0 Å². The third kappa shape index (κ3) is 3.07. The van der Waals surface area contributed by atoms with Crippen molar-refractivity contribution in [3.8, 4) is 0 Å². The summed E-state index contributed by atoms with van der Waals surface area (Å²) in [4.78, 5) is 27.4. The van der Waals surface area contributed by atoms with Crippen LogP contribution in [0, 0.1) is 11.8 Å². The van der Waals surface area contributed by atoms with Crippen LogP contribution < -0.4 is 0 Å². The van der Waals surface area contributed by atoms with E-state index in [0.717, 1.165) is 68.1 Å². The molecule has 1 amide bonds. The van der Waals surface area contributed by atoms with Crippen molar-refractivity contribution in [1.82, 2.24) is 24.3 Å². The molecule has 1 N–H and O–H groups in total. The fourth-order valence-electron chi connectivity index (χ4n) is 4.72. The molecule has 7 nitrogen and oxygen atoms in total. The predicted molar refractivity (Wildman–Crippen MR) is 106 cm³/mol. The second-order valence-electron chi connectivity index (χ2n) is 8.32. The highest BCUT2D eigenvalue weighted by Crippen LogP contribution is 2.33. The van der Waals surface area contributed by atoms with E-state index in [0.29, 0.717) is 18.3 Å². The smallest absolute Gasteiger partial charge is 0.222 e.